The van der Waals surface area contributed by atoms with Crippen molar-refractivity contribution in [2.24, 2.45) is 0 Å². The van der Waals surface area contributed by atoms with Gasteiger partial charge in [-0.2, -0.15) is 13.2 Å². The average molecular weight is 401 g/mol. The fourth-order valence-electron chi connectivity index (χ4n) is 3.44. The molecule has 0 aliphatic rings. The van der Waals surface area contributed by atoms with Gasteiger partial charge in [0.2, 0.25) is 11.7 Å². The topological polar surface area (TPSA) is 64.7 Å². The standard InChI is InChI=1S/C20H18F3N5O/c1-13-25-14-6-2-4-8-16(14)27(13)11-10-24-18(29)12-28-17-9-5-3-7-15(17)26-19(28)20(21,22)23/h2-9H,10-12H2,1H3,(H,24,29). The van der Waals surface area contributed by atoms with Crippen molar-refractivity contribution < 1.29 is 18.0 Å². The van der Waals surface area contributed by atoms with E-state index in [0.29, 0.717) is 6.54 Å². The maximum atomic E-state index is 13.3. The molecule has 0 aliphatic heterocycles. The van der Waals surface area contributed by atoms with Gasteiger partial charge in [0.05, 0.1) is 22.1 Å². The smallest absolute Gasteiger partial charge is 0.353 e. The summed E-state index contributed by atoms with van der Waals surface area (Å²) in [6, 6.07) is 13.9. The van der Waals surface area contributed by atoms with E-state index in [1.807, 2.05) is 35.8 Å². The number of amides is 1. The van der Waals surface area contributed by atoms with E-state index in [1.165, 1.54) is 12.1 Å². The summed E-state index contributed by atoms with van der Waals surface area (Å²) >= 11 is 0. The second-order valence-corrected chi connectivity index (χ2v) is 6.66. The third-order valence-electron chi connectivity index (χ3n) is 4.71. The number of benzene rings is 2. The number of halogens is 3. The van der Waals surface area contributed by atoms with Gasteiger partial charge in [0, 0.05) is 13.1 Å². The van der Waals surface area contributed by atoms with Crippen LogP contribution in [0.1, 0.15) is 11.6 Å². The number of fused-ring (bicyclic) bond motifs is 2. The minimum atomic E-state index is -4.65. The number of rotatable bonds is 5. The van der Waals surface area contributed by atoms with Crippen LogP contribution in [-0.4, -0.2) is 31.6 Å². The number of nitrogens with zero attached hydrogens (tertiary/aromatic N) is 4. The molecule has 150 valence electrons. The molecule has 29 heavy (non-hydrogen) atoms. The molecule has 0 unspecified atom stereocenters. The number of alkyl halides is 3. The van der Waals surface area contributed by atoms with Gasteiger partial charge in [0.1, 0.15) is 12.4 Å². The van der Waals surface area contributed by atoms with E-state index < -0.39 is 24.5 Å². The first-order chi connectivity index (χ1) is 13.8. The molecule has 0 saturated carbocycles. The van der Waals surface area contributed by atoms with E-state index in [9.17, 15) is 18.0 Å². The third-order valence-corrected chi connectivity index (χ3v) is 4.71. The molecule has 4 aromatic rings. The van der Waals surface area contributed by atoms with Crippen LogP contribution < -0.4 is 5.32 Å². The molecule has 2 aromatic carbocycles. The van der Waals surface area contributed by atoms with E-state index in [1.54, 1.807) is 12.1 Å². The van der Waals surface area contributed by atoms with Gasteiger partial charge in [-0.25, -0.2) is 9.97 Å². The Bertz CT molecular complexity index is 1190. The second kappa shape index (κ2) is 7.23. The van der Waals surface area contributed by atoms with E-state index in [2.05, 4.69) is 15.3 Å². The second-order valence-electron chi connectivity index (χ2n) is 6.66. The molecule has 0 radical (unpaired) electrons. The third kappa shape index (κ3) is 3.67. The monoisotopic (exact) mass is 401 g/mol. The molecule has 2 aromatic heterocycles. The highest BCUT2D eigenvalue weighted by molar-refractivity contribution is 5.81. The molecule has 4 rings (SSSR count). The molecule has 1 N–H and O–H groups in total. The predicted octanol–water partition coefficient (Wildman–Crippen LogP) is 3.53. The Morgan fingerprint density at radius 3 is 2.21 bits per heavy atom. The first-order valence-corrected chi connectivity index (χ1v) is 9.05. The highest BCUT2D eigenvalue weighted by Crippen LogP contribution is 2.31. The van der Waals surface area contributed by atoms with Crippen molar-refractivity contribution in [3.8, 4) is 0 Å². The van der Waals surface area contributed by atoms with E-state index in [-0.39, 0.29) is 17.6 Å². The Kier molecular flexibility index (Phi) is 4.73. The lowest BCUT2D eigenvalue weighted by molar-refractivity contribution is -0.147. The molecule has 1 amide bonds. The summed E-state index contributed by atoms with van der Waals surface area (Å²) in [6.45, 7) is 2.15. The number of carbonyl (C=O) groups is 1. The van der Waals surface area contributed by atoms with Gasteiger partial charge < -0.3 is 14.5 Å². The van der Waals surface area contributed by atoms with Crippen molar-refractivity contribution in [3.05, 3.63) is 60.2 Å². The van der Waals surface area contributed by atoms with Crippen LogP contribution in [0.5, 0.6) is 0 Å². The van der Waals surface area contributed by atoms with E-state index in [0.717, 1.165) is 21.4 Å². The van der Waals surface area contributed by atoms with Crippen LogP contribution in [0.15, 0.2) is 48.5 Å². The van der Waals surface area contributed by atoms with Gasteiger partial charge in [-0.1, -0.05) is 24.3 Å². The Hall–Kier alpha value is -3.36. The van der Waals surface area contributed by atoms with Crippen molar-refractivity contribution in [1.29, 1.82) is 0 Å². The van der Waals surface area contributed by atoms with Crippen molar-refractivity contribution in [2.45, 2.75) is 26.2 Å². The molecule has 6 nitrogen and oxygen atoms in total. The lowest BCUT2D eigenvalue weighted by atomic mass is 10.3. The van der Waals surface area contributed by atoms with Gasteiger partial charge in [-0.15, -0.1) is 0 Å². The Morgan fingerprint density at radius 2 is 1.55 bits per heavy atom. The first kappa shape index (κ1) is 19.0. The van der Waals surface area contributed by atoms with Crippen LogP contribution >= 0.6 is 0 Å². The number of carbonyl (C=O) groups excluding carboxylic acids is 1. The highest BCUT2D eigenvalue weighted by atomic mass is 19.4. The molecule has 0 bridgehead atoms. The van der Waals surface area contributed by atoms with Gasteiger partial charge in [0.25, 0.3) is 0 Å². The Labute approximate surface area is 164 Å². The van der Waals surface area contributed by atoms with Gasteiger partial charge in [0.15, 0.2) is 0 Å². The van der Waals surface area contributed by atoms with Crippen LogP contribution in [0, 0.1) is 6.92 Å². The van der Waals surface area contributed by atoms with E-state index >= 15 is 0 Å². The summed E-state index contributed by atoms with van der Waals surface area (Å²) in [5.74, 6) is -0.786. The number of hydrogen-bond acceptors (Lipinski definition) is 3. The number of hydrogen-bond donors (Lipinski definition) is 1. The molecule has 2 heterocycles. The number of para-hydroxylation sites is 4. The van der Waals surface area contributed by atoms with Gasteiger partial charge >= 0.3 is 6.18 Å². The van der Waals surface area contributed by atoms with Crippen LogP contribution in [0.25, 0.3) is 22.1 Å². The summed E-state index contributed by atoms with van der Waals surface area (Å²) < 4.78 is 42.9. The summed E-state index contributed by atoms with van der Waals surface area (Å²) in [7, 11) is 0. The zero-order chi connectivity index (χ0) is 20.6. The predicted molar refractivity (Wildman–Crippen MR) is 102 cm³/mol. The molecule has 0 spiro atoms. The normalized spacial score (nSPS) is 12.0. The van der Waals surface area contributed by atoms with Crippen LogP contribution in [0.4, 0.5) is 13.2 Å². The Balaban J connectivity index is 1.48. The van der Waals surface area contributed by atoms with Crippen molar-refractivity contribution in [1.82, 2.24) is 24.4 Å². The summed E-state index contributed by atoms with van der Waals surface area (Å²) in [5.41, 5.74) is 2.27. The first-order valence-electron chi connectivity index (χ1n) is 9.05. The summed E-state index contributed by atoms with van der Waals surface area (Å²) in [4.78, 5) is 20.5. The molecular formula is C20H18F3N5O. The summed E-state index contributed by atoms with van der Waals surface area (Å²) in [5, 5.41) is 2.69. The van der Waals surface area contributed by atoms with Gasteiger partial charge in [-0.05, 0) is 31.2 Å². The van der Waals surface area contributed by atoms with Crippen LogP contribution in [-0.2, 0) is 24.1 Å². The minimum Gasteiger partial charge on any atom is -0.353 e. The van der Waals surface area contributed by atoms with Gasteiger partial charge in [-0.3, -0.25) is 4.79 Å². The SMILES string of the molecule is Cc1nc2ccccc2n1CCNC(=O)Cn1c(C(F)(F)F)nc2ccccc21. The average Bonchev–Trinajstić information content (AvgIpc) is 3.20. The minimum absolute atomic E-state index is 0.202. The molecule has 0 aliphatic carbocycles. The number of nitrogens with one attached hydrogen (secondary N) is 1. The van der Waals surface area contributed by atoms with Crippen LogP contribution in [0.3, 0.4) is 0 Å². The van der Waals surface area contributed by atoms with Crippen LogP contribution in [0.2, 0.25) is 0 Å². The fraction of sp³-hybridized carbons (Fsp3) is 0.250. The molecule has 0 fully saturated rings. The lowest BCUT2D eigenvalue weighted by Gasteiger charge is -2.12. The van der Waals surface area contributed by atoms with Crippen molar-refractivity contribution in [2.75, 3.05) is 6.54 Å². The molecule has 9 heteroatoms. The zero-order valence-electron chi connectivity index (χ0n) is 15.6. The van der Waals surface area contributed by atoms with Crippen molar-refractivity contribution in [3.63, 3.8) is 0 Å². The zero-order valence-corrected chi connectivity index (χ0v) is 15.6. The largest absolute Gasteiger partial charge is 0.449 e. The van der Waals surface area contributed by atoms with Crippen molar-refractivity contribution >= 4 is 28.0 Å². The molecule has 0 atom stereocenters. The number of aromatic nitrogens is 4. The maximum Gasteiger partial charge on any atom is 0.449 e. The Morgan fingerprint density at radius 1 is 0.966 bits per heavy atom. The fourth-order valence-corrected chi connectivity index (χ4v) is 3.44. The van der Waals surface area contributed by atoms with E-state index in [4.69, 9.17) is 0 Å². The number of imidazole rings is 2. The highest BCUT2D eigenvalue weighted by Gasteiger charge is 2.37. The number of aryl methyl sites for hydroxylation is 1. The molecule has 0 saturated heterocycles. The lowest BCUT2D eigenvalue weighted by Crippen LogP contribution is -2.32. The quantitative estimate of drug-likeness (QED) is 0.557. The summed E-state index contributed by atoms with van der Waals surface area (Å²) in [6.07, 6.45) is -4.65. The molecular weight excluding hydrogens is 383 g/mol. The maximum absolute atomic E-state index is 13.3.